The first-order valence-electron chi connectivity index (χ1n) is 6.43. The van der Waals surface area contributed by atoms with E-state index in [9.17, 15) is 4.79 Å². The number of anilines is 1. The molecule has 0 aliphatic heterocycles. The number of hydrogen-bond donors (Lipinski definition) is 1. The topological polar surface area (TPSA) is 69.0 Å². The number of pyridine rings is 1. The summed E-state index contributed by atoms with van der Waals surface area (Å²) in [5.74, 6) is 0.496. The lowest BCUT2D eigenvalue weighted by atomic mass is 10.1. The zero-order valence-corrected chi connectivity index (χ0v) is 11.9. The number of carbonyl (C=O) groups excluding carboxylic acids is 1. The Morgan fingerprint density at radius 1 is 1.42 bits per heavy atom. The third-order valence-electron chi connectivity index (χ3n) is 2.98. The van der Waals surface area contributed by atoms with Gasteiger partial charge in [0.25, 0.3) is 0 Å². The van der Waals surface area contributed by atoms with E-state index in [1.54, 1.807) is 4.90 Å². The first kappa shape index (κ1) is 15.0. The van der Waals surface area contributed by atoms with Crippen molar-refractivity contribution in [3.05, 3.63) is 22.9 Å². The van der Waals surface area contributed by atoms with Crippen LogP contribution in [0.25, 0.3) is 0 Å². The number of hydrogen-bond acceptors (Lipinski definition) is 4. The molecule has 0 radical (unpaired) electrons. The van der Waals surface area contributed by atoms with E-state index >= 15 is 0 Å². The lowest BCUT2D eigenvalue weighted by Crippen LogP contribution is -2.35. The lowest BCUT2D eigenvalue weighted by Gasteiger charge is -2.19. The van der Waals surface area contributed by atoms with E-state index in [1.807, 2.05) is 33.8 Å². The maximum atomic E-state index is 11.9. The highest BCUT2D eigenvalue weighted by Gasteiger charge is 2.12. The van der Waals surface area contributed by atoms with Crippen molar-refractivity contribution in [2.45, 2.75) is 27.7 Å². The fourth-order valence-corrected chi connectivity index (χ4v) is 1.95. The summed E-state index contributed by atoms with van der Waals surface area (Å²) < 4.78 is 0. The first-order valence-corrected chi connectivity index (χ1v) is 6.43. The molecule has 0 aromatic carbocycles. The van der Waals surface area contributed by atoms with E-state index in [0.717, 1.165) is 11.3 Å². The molecule has 0 bridgehead atoms. The van der Waals surface area contributed by atoms with Gasteiger partial charge in [0.15, 0.2) is 0 Å². The van der Waals surface area contributed by atoms with Gasteiger partial charge < -0.3 is 10.2 Å². The van der Waals surface area contributed by atoms with Crippen molar-refractivity contribution in [3.8, 4) is 6.07 Å². The molecule has 19 heavy (non-hydrogen) atoms. The van der Waals surface area contributed by atoms with Gasteiger partial charge in [0.1, 0.15) is 11.9 Å². The summed E-state index contributed by atoms with van der Waals surface area (Å²) in [5, 5.41) is 12.1. The minimum atomic E-state index is 0.00912. The number of nitriles is 1. The molecule has 0 unspecified atom stereocenters. The zero-order chi connectivity index (χ0) is 14.4. The normalized spacial score (nSPS) is 9.84. The van der Waals surface area contributed by atoms with Gasteiger partial charge in [0.05, 0.1) is 12.1 Å². The van der Waals surface area contributed by atoms with Crippen molar-refractivity contribution < 1.29 is 4.79 Å². The fraction of sp³-hybridized carbons (Fsp3) is 0.500. The van der Waals surface area contributed by atoms with Crippen LogP contribution in [0.15, 0.2) is 6.07 Å². The van der Waals surface area contributed by atoms with E-state index in [2.05, 4.69) is 16.4 Å². The molecule has 1 heterocycles. The van der Waals surface area contributed by atoms with Crippen molar-refractivity contribution >= 4 is 11.7 Å². The molecule has 0 fully saturated rings. The minimum absolute atomic E-state index is 0.00912. The quantitative estimate of drug-likeness (QED) is 0.877. The number of nitrogens with one attached hydrogen (secondary N) is 1. The van der Waals surface area contributed by atoms with Crippen LogP contribution in [-0.4, -0.2) is 35.4 Å². The highest BCUT2D eigenvalue weighted by atomic mass is 16.2. The summed E-state index contributed by atoms with van der Waals surface area (Å²) in [7, 11) is 0. The molecule has 5 heteroatoms. The van der Waals surface area contributed by atoms with E-state index in [-0.39, 0.29) is 12.5 Å². The highest BCUT2D eigenvalue weighted by Crippen LogP contribution is 2.17. The Hall–Kier alpha value is -2.09. The van der Waals surface area contributed by atoms with Gasteiger partial charge in [-0.15, -0.1) is 0 Å². The molecule has 0 saturated heterocycles. The largest absolute Gasteiger partial charge is 0.360 e. The number of nitrogens with zero attached hydrogens (tertiary/aromatic N) is 3. The molecule has 1 rings (SSSR count). The summed E-state index contributed by atoms with van der Waals surface area (Å²) in [4.78, 5) is 17.9. The molecular weight excluding hydrogens is 240 g/mol. The van der Waals surface area contributed by atoms with Crippen molar-refractivity contribution in [1.29, 1.82) is 5.26 Å². The van der Waals surface area contributed by atoms with Crippen LogP contribution >= 0.6 is 0 Å². The molecule has 1 N–H and O–H groups in total. The monoisotopic (exact) mass is 260 g/mol. The second-order valence-corrected chi connectivity index (χ2v) is 4.34. The summed E-state index contributed by atoms with van der Waals surface area (Å²) in [6.07, 6.45) is 0. The van der Waals surface area contributed by atoms with Crippen LogP contribution in [0.4, 0.5) is 5.82 Å². The van der Waals surface area contributed by atoms with Gasteiger partial charge in [-0.2, -0.15) is 5.26 Å². The SMILES string of the molecule is CCN(CC)C(=O)CNc1nc(C)cc(C)c1C#N. The third-order valence-corrected chi connectivity index (χ3v) is 2.98. The zero-order valence-electron chi connectivity index (χ0n) is 11.9. The standard InChI is InChI=1S/C14H20N4O/c1-5-18(6-2)13(19)9-16-14-12(8-15)10(3)7-11(4)17-14/h7H,5-6,9H2,1-4H3,(H,16,17). The van der Waals surface area contributed by atoms with Crippen LogP contribution in [0.2, 0.25) is 0 Å². The van der Waals surface area contributed by atoms with Gasteiger partial charge in [0.2, 0.25) is 5.91 Å². The van der Waals surface area contributed by atoms with E-state index in [1.165, 1.54) is 0 Å². The van der Waals surface area contributed by atoms with Crippen molar-refractivity contribution in [1.82, 2.24) is 9.88 Å². The fourth-order valence-electron chi connectivity index (χ4n) is 1.95. The van der Waals surface area contributed by atoms with Gasteiger partial charge >= 0.3 is 0 Å². The van der Waals surface area contributed by atoms with Crippen LogP contribution < -0.4 is 5.32 Å². The molecule has 0 atom stereocenters. The highest BCUT2D eigenvalue weighted by molar-refractivity contribution is 5.81. The average molecular weight is 260 g/mol. The first-order chi connectivity index (χ1) is 9.03. The van der Waals surface area contributed by atoms with Gasteiger partial charge in [0, 0.05) is 18.8 Å². The smallest absolute Gasteiger partial charge is 0.241 e. The number of aryl methyl sites for hydroxylation is 2. The van der Waals surface area contributed by atoms with Crippen LogP contribution in [0.5, 0.6) is 0 Å². The maximum Gasteiger partial charge on any atom is 0.241 e. The van der Waals surface area contributed by atoms with E-state index in [0.29, 0.717) is 24.5 Å². The Bertz CT molecular complexity index is 501. The van der Waals surface area contributed by atoms with Gasteiger partial charge in [-0.25, -0.2) is 4.98 Å². The predicted molar refractivity (Wildman–Crippen MR) is 74.8 cm³/mol. The Balaban J connectivity index is 2.84. The predicted octanol–water partition coefficient (Wildman–Crippen LogP) is 1.85. The molecule has 102 valence electrons. The molecule has 0 aliphatic carbocycles. The Morgan fingerprint density at radius 2 is 2.05 bits per heavy atom. The number of rotatable bonds is 5. The summed E-state index contributed by atoms with van der Waals surface area (Å²) in [6.45, 7) is 9.14. The van der Waals surface area contributed by atoms with Crippen LogP contribution in [-0.2, 0) is 4.79 Å². The molecule has 0 aliphatic rings. The van der Waals surface area contributed by atoms with Crippen LogP contribution in [0.3, 0.4) is 0 Å². The van der Waals surface area contributed by atoms with E-state index in [4.69, 9.17) is 5.26 Å². The Kier molecular flexibility index (Phi) is 5.31. The van der Waals surface area contributed by atoms with Crippen molar-refractivity contribution in [3.63, 3.8) is 0 Å². The number of carbonyl (C=O) groups is 1. The average Bonchev–Trinajstić information content (AvgIpc) is 2.37. The van der Waals surface area contributed by atoms with Gasteiger partial charge in [-0.3, -0.25) is 4.79 Å². The number of likely N-dealkylation sites (N-methyl/N-ethyl adjacent to an activating group) is 1. The summed E-state index contributed by atoms with van der Waals surface area (Å²) in [5.41, 5.74) is 2.19. The van der Waals surface area contributed by atoms with Crippen LogP contribution in [0.1, 0.15) is 30.7 Å². The number of aromatic nitrogens is 1. The van der Waals surface area contributed by atoms with Crippen molar-refractivity contribution in [2.75, 3.05) is 25.0 Å². The second-order valence-electron chi connectivity index (χ2n) is 4.34. The molecule has 1 amide bonds. The Morgan fingerprint density at radius 3 is 2.58 bits per heavy atom. The molecule has 0 saturated carbocycles. The Labute approximate surface area is 114 Å². The van der Waals surface area contributed by atoms with Gasteiger partial charge in [-0.05, 0) is 39.3 Å². The third kappa shape index (κ3) is 3.68. The summed E-state index contributed by atoms with van der Waals surface area (Å²) in [6, 6.07) is 3.98. The molecule has 0 spiro atoms. The minimum Gasteiger partial charge on any atom is -0.360 e. The second kappa shape index (κ2) is 6.74. The van der Waals surface area contributed by atoms with Crippen LogP contribution in [0, 0.1) is 25.2 Å². The molecule has 1 aromatic heterocycles. The maximum absolute atomic E-state index is 11.9. The van der Waals surface area contributed by atoms with Crippen molar-refractivity contribution in [2.24, 2.45) is 0 Å². The number of amides is 1. The summed E-state index contributed by atoms with van der Waals surface area (Å²) >= 11 is 0. The van der Waals surface area contributed by atoms with E-state index < -0.39 is 0 Å². The van der Waals surface area contributed by atoms with Gasteiger partial charge in [-0.1, -0.05) is 0 Å². The molecule has 5 nitrogen and oxygen atoms in total. The molecular formula is C14H20N4O. The molecule has 1 aromatic rings. The lowest BCUT2D eigenvalue weighted by molar-refractivity contribution is -0.128.